The summed E-state index contributed by atoms with van der Waals surface area (Å²) in [6.45, 7) is 9.71. The quantitative estimate of drug-likeness (QED) is 0.772. The Labute approximate surface area is 135 Å². The topological polar surface area (TPSA) is 104 Å². The molecule has 1 fully saturated rings. The van der Waals surface area contributed by atoms with Crippen molar-refractivity contribution < 1.29 is 19.2 Å². The van der Waals surface area contributed by atoms with Crippen LogP contribution in [-0.4, -0.2) is 28.3 Å². The molecular formula is C16H25N3O4. The van der Waals surface area contributed by atoms with Crippen molar-refractivity contribution in [3.63, 3.8) is 0 Å². The number of amides is 2. The number of rotatable bonds is 5. The van der Waals surface area contributed by atoms with Crippen LogP contribution >= 0.6 is 0 Å². The van der Waals surface area contributed by atoms with E-state index in [0.29, 0.717) is 18.0 Å². The van der Waals surface area contributed by atoms with Gasteiger partial charge in [-0.25, -0.2) is 4.79 Å². The summed E-state index contributed by atoms with van der Waals surface area (Å²) in [7, 11) is 0. The van der Waals surface area contributed by atoms with E-state index >= 15 is 0 Å². The molecule has 3 atom stereocenters. The van der Waals surface area contributed by atoms with Crippen molar-refractivity contribution in [1.29, 1.82) is 0 Å². The molecule has 1 aromatic rings. The van der Waals surface area contributed by atoms with Crippen LogP contribution in [0.4, 0.5) is 10.6 Å². The fourth-order valence-corrected chi connectivity index (χ4v) is 3.31. The highest BCUT2D eigenvalue weighted by atomic mass is 16.5. The highest BCUT2D eigenvalue weighted by Crippen LogP contribution is 2.52. The Hall–Kier alpha value is -2.05. The van der Waals surface area contributed by atoms with Gasteiger partial charge in [0.05, 0.1) is 5.92 Å². The fraction of sp³-hybridized carbons (Fsp3) is 0.688. The number of carbonyl (C=O) groups excluding carboxylic acids is 1. The Morgan fingerprint density at radius 1 is 1.39 bits per heavy atom. The number of urea groups is 1. The second-order valence-electron chi connectivity index (χ2n) is 7.21. The largest absolute Gasteiger partial charge is 0.481 e. The second kappa shape index (κ2) is 6.22. The molecule has 7 heteroatoms. The van der Waals surface area contributed by atoms with Gasteiger partial charge in [-0.1, -0.05) is 32.9 Å². The third-order valence-corrected chi connectivity index (χ3v) is 4.94. The number of hydrogen-bond donors (Lipinski definition) is 3. The molecule has 1 heterocycles. The van der Waals surface area contributed by atoms with Gasteiger partial charge in [0.25, 0.3) is 0 Å². The van der Waals surface area contributed by atoms with Crippen LogP contribution in [0.1, 0.15) is 52.7 Å². The molecule has 2 rings (SSSR count). The monoisotopic (exact) mass is 323 g/mol. The van der Waals surface area contributed by atoms with Crippen molar-refractivity contribution >= 4 is 17.8 Å². The summed E-state index contributed by atoms with van der Waals surface area (Å²) in [4.78, 5) is 23.2. The molecule has 3 N–H and O–H groups in total. The Kier molecular flexibility index (Phi) is 4.68. The summed E-state index contributed by atoms with van der Waals surface area (Å²) in [6, 6.07) is 1.20. The maximum atomic E-state index is 12.1. The number of carboxylic acids is 1. The minimum Gasteiger partial charge on any atom is -0.481 e. The summed E-state index contributed by atoms with van der Waals surface area (Å²) in [5, 5.41) is 18.5. The number of hydrogen-bond acceptors (Lipinski definition) is 4. The molecule has 1 unspecified atom stereocenters. The lowest BCUT2D eigenvalue weighted by Gasteiger charge is -2.52. The second-order valence-corrected chi connectivity index (χ2v) is 7.21. The first-order valence-corrected chi connectivity index (χ1v) is 7.89. The first-order chi connectivity index (χ1) is 10.6. The number of nitrogens with one attached hydrogen (secondary N) is 2. The Morgan fingerprint density at radius 3 is 2.52 bits per heavy atom. The molecule has 0 aliphatic heterocycles. The SMILES string of the molecule is CC(C)c1cc(NC(=O)NC(C)[C@@H]2C[C@H](C(=O)O)C2(C)C)no1. The number of carbonyl (C=O) groups is 2. The van der Waals surface area contributed by atoms with Crippen LogP contribution in [0, 0.1) is 17.3 Å². The molecule has 7 nitrogen and oxygen atoms in total. The molecule has 128 valence electrons. The van der Waals surface area contributed by atoms with E-state index in [4.69, 9.17) is 4.52 Å². The predicted octanol–water partition coefficient (Wildman–Crippen LogP) is 3.05. The maximum Gasteiger partial charge on any atom is 0.320 e. The van der Waals surface area contributed by atoms with Gasteiger partial charge in [-0.15, -0.1) is 0 Å². The average molecular weight is 323 g/mol. The highest BCUT2D eigenvalue weighted by molar-refractivity contribution is 5.88. The lowest BCUT2D eigenvalue weighted by atomic mass is 9.53. The van der Waals surface area contributed by atoms with Gasteiger partial charge in [0.1, 0.15) is 5.76 Å². The van der Waals surface area contributed by atoms with Crippen molar-refractivity contribution in [2.24, 2.45) is 17.3 Å². The van der Waals surface area contributed by atoms with E-state index in [1.165, 1.54) is 0 Å². The van der Waals surface area contributed by atoms with Crippen LogP contribution < -0.4 is 10.6 Å². The summed E-state index contributed by atoms with van der Waals surface area (Å²) in [6.07, 6.45) is 0.575. The van der Waals surface area contributed by atoms with Gasteiger partial charge >= 0.3 is 12.0 Å². The normalized spacial score (nSPS) is 23.9. The van der Waals surface area contributed by atoms with Crippen LogP contribution in [0.15, 0.2) is 10.6 Å². The van der Waals surface area contributed by atoms with Crippen LogP contribution in [0.5, 0.6) is 0 Å². The lowest BCUT2D eigenvalue weighted by Crippen LogP contribution is -2.57. The average Bonchev–Trinajstić information content (AvgIpc) is 2.85. The van der Waals surface area contributed by atoms with Crippen LogP contribution in [0.3, 0.4) is 0 Å². The standard InChI is InChI=1S/C16H25N3O4/c1-8(2)12-7-13(19-23-12)18-15(22)17-9(3)10-6-11(14(20)21)16(10,4)5/h7-11H,6H2,1-5H3,(H,20,21)(H2,17,18,19,22)/t9?,10-,11+/m0/s1. The molecule has 23 heavy (non-hydrogen) atoms. The van der Waals surface area contributed by atoms with E-state index in [9.17, 15) is 14.7 Å². The van der Waals surface area contributed by atoms with Crippen molar-refractivity contribution in [1.82, 2.24) is 10.5 Å². The van der Waals surface area contributed by atoms with E-state index < -0.39 is 5.97 Å². The Morgan fingerprint density at radius 2 is 2.04 bits per heavy atom. The number of aromatic nitrogens is 1. The Bertz CT molecular complexity index is 594. The zero-order valence-electron chi connectivity index (χ0n) is 14.2. The molecule has 1 aromatic heterocycles. The Balaban J connectivity index is 1.89. The van der Waals surface area contributed by atoms with Gasteiger partial charge in [0, 0.05) is 18.0 Å². The highest BCUT2D eigenvalue weighted by Gasteiger charge is 2.53. The summed E-state index contributed by atoms with van der Waals surface area (Å²) in [5.74, 6) is 0.268. The third kappa shape index (κ3) is 3.48. The molecule has 1 aliphatic carbocycles. The molecular weight excluding hydrogens is 298 g/mol. The molecule has 1 aliphatic rings. The van der Waals surface area contributed by atoms with E-state index in [-0.39, 0.29) is 35.2 Å². The smallest absolute Gasteiger partial charge is 0.320 e. The van der Waals surface area contributed by atoms with Crippen molar-refractivity contribution in [2.75, 3.05) is 5.32 Å². The molecule has 2 amide bonds. The van der Waals surface area contributed by atoms with E-state index in [1.54, 1.807) is 6.07 Å². The van der Waals surface area contributed by atoms with E-state index in [1.807, 2.05) is 34.6 Å². The number of nitrogens with zero attached hydrogens (tertiary/aromatic N) is 1. The van der Waals surface area contributed by atoms with Gasteiger partial charge in [0.2, 0.25) is 0 Å². The number of aliphatic carboxylic acids is 1. The minimum atomic E-state index is -0.772. The zero-order chi connectivity index (χ0) is 17.4. The number of carboxylic acid groups (broad SMARTS) is 1. The van der Waals surface area contributed by atoms with Crippen LogP contribution in [0.2, 0.25) is 0 Å². The van der Waals surface area contributed by atoms with Crippen LogP contribution in [0.25, 0.3) is 0 Å². The van der Waals surface area contributed by atoms with Gasteiger partial charge in [-0.2, -0.15) is 0 Å². The van der Waals surface area contributed by atoms with Crippen LogP contribution in [-0.2, 0) is 4.79 Å². The van der Waals surface area contributed by atoms with Crippen molar-refractivity contribution in [3.05, 3.63) is 11.8 Å². The maximum absolute atomic E-state index is 12.1. The molecule has 0 aromatic carbocycles. The minimum absolute atomic E-state index is 0.123. The third-order valence-electron chi connectivity index (χ3n) is 4.94. The summed E-state index contributed by atoms with van der Waals surface area (Å²) >= 11 is 0. The van der Waals surface area contributed by atoms with Crippen molar-refractivity contribution in [2.45, 2.75) is 53.0 Å². The summed E-state index contributed by atoms with van der Waals surface area (Å²) < 4.78 is 5.13. The molecule has 0 bridgehead atoms. The predicted molar refractivity (Wildman–Crippen MR) is 85.2 cm³/mol. The van der Waals surface area contributed by atoms with Crippen molar-refractivity contribution in [3.8, 4) is 0 Å². The molecule has 0 spiro atoms. The van der Waals surface area contributed by atoms with Gasteiger partial charge in [0.15, 0.2) is 5.82 Å². The van der Waals surface area contributed by atoms with Gasteiger partial charge in [-0.05, 0) is 24.7 Å². The molecule has 0 saturated heterocycles. The molecule has 0 radical (unpaired) electrons. The first kappa shape index (κ1) is 17.3. The molecule has 1 saturated carbocycles. The summed E-state index contributed by atoms with van der Waals surface area (Å²) in [5.41, 5.74) is -0.336. The van der Waals surface area contributed by atoms with E-state index in [0.717, 1.165) is 0 Å². The van der Waals surface area contributed by atoms with E-state index in [2.05, 4.69) is 15.8 Å². The zero-order valence-corrected chi connectivity index (χ0v) is 14.2. The fourth-order valence-electron chi connectivity index (χ4n) is 3.31. The van der Waals surface area contributed by atoms with Gasteiger partial charge < -0.3 is 14.9 Å². The van der Waals surface area contributed by atoms with Gasteiger partial charge in [-0.3, -0.25) is 10.1 Å². The first-order valence-electron chi connectivity index (χ1n) is 7.89. The lowest BCUT2D eigenvalue weighted by molar-refractivity contribution is -0.160. The number of anilines is 1.